The van der Waals surface area contributed by atoms with Crippen molar-refractivity contribution in [3.63, 3.8) is 0 Å². The maximum Gasteiger partial charge on any atom is 0.134 e. The van der Waals surface area contributed by atoms with Crippen LogP contribution >= 0.6 is 0 Å². The van der Waals surface area contributed by atoms with Gasteiger partial charge < -0.3 is 0 Å². The van der Waals surface area contributed by atoms with Crippen LogP contribution in [0, 0.1) is 5.92 Å². The number of allylic oxidation sites excluding steroid dienone is 1. The van der Waals surface area contributed by atoms with Gasteiger partial charge in [-0.2, -0.15) is 0 Å². The Morgan fingerprint density at radius 3 is 1.89 bits per heavy atom. The van der Waals surface area contributed by atoms with Gasteiger partial charge in [-0.05, 0) is 24.8 Å². The molecule has 0 heterocycles. The summed E-state index contributed by atoms with van der Waals surface area (Å²) in [5.74, 6) is 1.10. The fourth-order valence-corrected chi connectivity index (χ4v) is 0.883. The number of Topliss-reactive ketones (excluding diaryl/α,β-unsaturated/α-hetero) is 1. The van der Waals surface area contributed by atoms with E-state index in [0.717, 1.165) is 17.9 Å². The molecule has 0 unspecified atom stereocenters. The van der Waals surface area contributed by atoms with E-state index in [2.05, 4.69) is 34.3 Å². The Labute approximate surface area is 119 Å². The summed E-state index contributed by atoms with van der Waals surface area (Å²) in [6.45, 7) is 13.8. The Kier molecular flexibility index (Phi) is 15.4. The highest BCUT2D eigenvalue weighted by Gasteiger charge is 1.93. The summed E-state index contributed by atoms with van der Waals surface area (Å²) in [5.41, 5.74) is 1.09. The number of carbonyl (C=O) groups is 1. The molecule has 0 N–H and O–H groups in total. The lowest BCUT2D eigenvalue weighted by Crippen LogP contribution is -1.94. The summed E-state index contributed by atoms with van der Waals surface area (Å²) in [6, 6.07) is 9.75. The predicted octanol–water partition coefficient (Wildman–Crippen LogP) is 5.45. The van der Waals surface area contributed by atoms with Crippen molar-refractivity contribution in [3.05, 3.63) is 48.6 Å². The monoisotopic (exact) mass is 262 g/mol. The van der Waals surface area contributed by atoms with Crippen LogP contribution in [0.2, 0.25) is 0 Å². The lowest BCUT2D eigenvalue weighted by atomic mass is 10.1. The lowest BCUT2D eigenvalue weighted by molar-refractivity contribution is -0.116. The molecule has 0 radical (unpaired) electrons. The molecule has 0 saturated carbocycles. The van der Waals surface area contributed by atoms with Gasteiger partial charge in [0.2, 0.25) is 0 Å². The molecule has 1 heteroatoms. The Bertz CT molecular complexity index is 312. The summed E-state index contributed by atoms with van der Waals surface area (Å²) in [5, 5.41) is 0. The van der Waals surface area contributed by atoms with E-state index in [1.54, 1.807) is 6.92 Å². The highest BCUT2D eigenvalue weighted by Crippen LogP contribution is 1.98. The third kappa shape index (κ3) is 19.2. The zero-order valence-electron chi connectivity index (χ0n) is 13.3. The molecule has 1 aromatic rings. The third-order valence-electron chi connectivity index (χ3n) is 2.40. The third-order valence-corrected chi connectivity index (χ3v) is 2.40. The molecule has 0 aromatic heterocycles. The number of carbonyl (C=O) groups excluding carboxylic acids is 1. The van der Waals surface area contributed by atoms with Gasteiger partial charge in [-0.15, -0.1) is 6.58 Å². The highest BCUT2D eigenvalue weighted by molar-refractivity contribution is 5.78. The lowest BCUT2D eigenvalue weighted by Gasteiger charge is -1.93. The number of hydrogen-bond acceptors (Lipinski definition) is 1. The SMILES string of the molecule is C=CCC.CC(=O)Cc1ccccc1.CCC(C)C. The first-order valence-corrected chi connectivity index (χ1v) is 7.12. The predicted molar refractivity (Wildman–Crippen MR) is 86.4 cm³/mol. The van der Waals surface area contributed by atoms with Crippen molar-refractivity contribution < 1.29 is 4.79 Å². The van der Waals surface area contributed by atoms with Gasteiger partial charge in [-0.1, -0.05) is 70.5 Å². The maximum absolute atomic E-state index is 10.6. The first-order chi connectivity index (χ1) is 8.97. The molecular formula is C18H30O. The van der Waals surface area contributed by atoms with Crippen LogP contribution in [0.3, 0.4) is 0 Å². The number of ketones is 1. The number of benzene rings is 1. The molecule has 0 aliphatic carbocycles. The quantitative estimate of drug-likeness (QED) is 0.659. The molecule has 0 atom stereocenters. The van der Waals surface area contributed by atoms with Gasteiger partial charge in [0.15, 0.2) is 0 Å². The van der Waals surface area contributed by atoms with E-state index in [4.69, 9.17) is 0 Å². The van der Waals surface area contributed by atoms with Gasteiger partial charge in [-0.25, -0.2) is 0 Å². The molecule has 0 fully saturated rings. The van der Waals surface area contributed by atoms with Crippen LogP contribution in [-0.4, -0.2) is 5.78 Å². The van der Waals surface area contributed by atoms with Crippen LogP contribution in [0.4, 0.5) is 0 Å². The largest absolute Gasteiger partial charge is 0.300 e. The first kappa shape index (κ1) is 20.0. The zero-order valence-corrected chi connectivity index (χ0v) is 13.3. The molecule has 0 amide bonds. The van der Waals surface area contributed by atoms with E-state index in [0.29, 0.717) is 6.42 Å². The van der Waals surface area contributed by atoms with Gasteiger partial charge in [0, 0.05) is 6.42 Å². The zero-order chi connectivity index (χ0) is 15.1. The molecule has 0 saturated heterocycles. The molecule has 0 spiro atoms. The molecule has 1 aromatic carbocycles. The summed E-state index contributed by atoms with van der Waals surface area (Å²) in [6.07, 6.45) is 4.82. The van der Waals surface area contributed by atoms with Crippen LogP contribution in [0.5, 0.6) is 0 Å². The van der Waals surface area contributed by atoms with E-state index in [9.17, 15) is 4.79 Å². The van der Waals surface area contributed by atoms with Crippen LogP contribution in [0.25, 0.3) is 0 Å². The Morgan fingerprint density at radius 2 is 1.63 bits per heavy atom. The van der Waals surface area contributed by atoms with Gasteiger partial charge >= 0.3 is 0 Å². The molecule has 108 valence electrons. The van der Waals surface area contributed by atoms with Crippen molar-refractivity contribution in [2.24, 2.45) is 5.92 Å². The fraction of sp³-hybridized carbons (Fsp3) is 0.500. The van der Waals surface area contributed by atoms with E-state index in [1.165, 1.54) is 6.42 Å². The second-order valence-corrected chi connectivity index (χ2v) is 4.86. The van der Waals surface area contributed by atoms with Crippen molar-refractivity contribution in [1.29, 1.82) is 0 Å². The summed E-state index contributed by atoms with van der Waals surface area (Å²) < 4.78 is 0. The topological polar surface area (TPSA) is 17.1 Å². The normalized spacial score (nSPS) is 8.74. The van der Waals surface area contributed by atoms with Crippen LogP contribution in [0.1, 0.15) is 53.0 Å². The Hall–Kier alpha value is -1.37. The van der Waals surface area contributed by atoms with Gasteiger partial charge in [0.05, 0.1) is 0 Å². The van der Waals surface area contributed by atoms with E-state index >= 15 is 0 Å². The standard InChI is InChI=1S/C9H10O.C5H12.C4H8/c1-8(10)7-9-5-3-2-4-6-9;1-4-5(2)3;1-3-4-2/h2-6H,7H2,1H3;5H,4H2,1-3H3;3H,1,4H2,2H3. The number of rotatable bonds is 4. The molecule has 0 aliphatic heterocycles. The maximum atomic E-state index is 10.6. The highest BCUT2D eigenvalue weighted by atomic mass is 16.1. The molecular weight excluding hydrogens is 232 g/mol. The Balaban J connectivity index is 0. The number of hydrogen-bond donors (Lipinski definition) is 0. The molecule has 0 bridgehead atoms. The fourth-order valence-electron chi connectivity index (χ4n) is 0.883. The van der Waals surface area contributed by atoms with Crippen molar-refractivity contribution in [2.75, 3.05) is 0 Å². The van der Waals surface area contributed by atoms with Crippen molar-refractivity contribution >= 4 is 5.78 Å². The van der Waals surface area contributed by atoms with Crippen LogP contribution < -0.4 is 0 Å². The van der Waals surface area contributed by atoms with Gasteiger partial charge in [0.1, 0.15) is 5.78 Å². The van der Waals surface area contributed by atoms with Gasteiger partial charge in [-0.3, -0.25) is 4.79 Å². The minimum absolute atomic E-state index is 0.214. The second kappa shape index (κ2) is 14.7. The second-order valence-electron chi connectivity index (χ2n) is 4.86. The van der Waals surface area contributed by atoms with Gasteiger partial charge in [0.25, 0.3) is 0 Å². The Morgan fingerprint density at radius 1 is 1.21 bits per heavy atom. The summed E-state index contributed by atoms with van der Waals surface area (Å²) in [4.78, 5) is 10.6. The molecule has 1 nitrogen and oxygen atoms in total. The minimum atomic E-state index is 0.214. The summed E-state index contributed by atoms with van der Waals surface area (Å²) >= 11 is 0. The summed E-state index contributed by atoms with van der Waals surface area (Å²) in [7, 11) is 0. The van der Waals surface area contributed by atoms with E-state index in [-0.39, 0.29) is 5.78 Å². The molecule has 19 heavy (non-hydrogen) atoms. The van der Waals surface area contributed by atoms with Crippen molar-refractivity contribution in [2.45, 2.75) is 53.9 Å². The molecule has 0 aliphatic rings. The average Bonchev–Trinajstić information content (AvgIpc) is 2.40. The minimum Gasteiger partial charge on any atom is -0.300 e. The van der Waals surface area contributed by atoms with Crippen LogP contribution in [-0.2, 0) is 11.2 Å². The van der Waals surface area contributed by atoms with E-state index in [1.807, 2.05) is 36.4 Å². The van der Waals surface area contributed by atoms with Crippen molar-refractivity contribution in [3.8, 4) is 0 Å². The van der Waals surface area contributed by atoms with E-state index < -0.39 is 0 Å². The smallest absolute Gasteiger partial charge is 0.134 e. The molecule has 1 rings (SSSR count). The first-order valence-electron chi connectivity index (χ1n) is 7.12. The van der Waals surface area contributed by atoms with Crippen LogP contribution in [0.15, 0.2) is 43.0 Å². The average molecular weight is 262 g/mol. The van der Waals surface area contributed by atoms with Crippen molar-refractivity contribution in [1.82, 2.24) is 0 Å².